The molecular formula is C29H25F2N5O6. The van der Waals surface area contributed by atoms with Crippen LogP contribution in [0.2, 0.25) is 0 Å². The number of amides is 4. The zero-order valence-corrected chi connectivity index (χ0v) is 22.7. The molecule has 3 aromatic carbocycles. The Morgan fingerprint density at radius 1 is 0.952 bits per heavy atom. The summed E-state index contributed by atoms with van der Waals surface area (Å²) in [5.41, 5.74) is 3.26. The largest absolute Gasteiger partial charge is 0.493 e. The Kier molecular flexibility index (Phi) is 7.84. The molecule has 1 unspecified atom stereocenters. The molecule has 0 spiro atoms. The van der Waals surface area contributed by atoms with Gasteiger partial charge < -0.3 is 19.5 Å². The first-order chi connectivity index (χ1) is 20.2. The number of rotatable bonds is 8. The van der Waals surface area contributed by atoms with Crippen LogP contribution in [0.3, 0.4) is 0 Å². The van der Waals surface area contributed by atoms with Crippen LogP contribution in [0.5, 0.6) is 23.0 Å². The van der Waals surface area contributed by atoms with E-state index >= 15 is 4.39 Å². The number of methoxy groups -OCH3 is 2. The maximum absolute atomic E-state index is 15.1. The molecule has 42 heavy (non-hydrogen) atoms. The summed E-state index contributed by atoms with van der Waals surface area (Å²) in [5.74, 6) is -1.99. The maximum atomic E-state index is 15.1. The Bertz CT molecular complexity index is 1680. The number of aromatic nitrogens is 1. The van der Waals surface area contributed by atoms with Gasteiger partial charge in [-0.1, -0.05) is 0 Å². The topological polar surface area (TPSA) is 122 Å². The molecule has 11 nitrogen and oxygen atoms in total. The highest BCUT2D eigenvalue weighted by atomic mass is 19.1. The molecule has 4 amide bonds. The number of imide groups is 1. The molecule has 1 aliphatic heterocycles. The number of nitrogens with one attached hydrogen (secondary N) is 2. The minimum atomic E-state index is -1.53. The lowest BCUT2D eigenvalue weighted by Crippen LogP contribution is -2.68. The number of urea groups is 1. The van der Waals surface area contributed by atoms with Gasteiger partial charge in [0.2, 0.25) is 0 Å². The van der Waals surface area contributed by atoms with Crippen LogP contribution in [0.15, 0.2) is 66.9 Å². The molecule has 1 aromatic heterocycles. The fourth-order valence-corrected chi connectivity index (χ4v) is 4.37. The number of ether oxygens (including phenoxy) is 3. The second kappa shape index (κ2) is 11.7. The third kappa shape index (κ3) is 5.37. The van der Waals surface area contributed by atoms with Gasteiger partial charge in [-0.25, -0.2) is 23.9 Å². The summed E-state index contributed by atoms with van der Waals surface area (Å²) in [6, 6.07) is 11.1. The van der Waals surface area contributed by atoms with E-state index in [4.69, 9.17) is 14.2 Å². The first-order valence-corrected chi connectivity index (χ1v) is 12.7. The van der Waals surface area contributed by atoms with Gasteiger partial charge >= 0.3 is 6.03 Å². The van der Waals surface area contributed by atoms with E-state index in [2.05, 4.69) is 15.7 Å². The Morgan fingerprint density at radius 3 is 2.33 bits per heavy atom. The Labute approximate surface area is 238 Å². The number of carbonyl (C=O) groups excluding carboxylic acids is 3. The predicted octanol–water partition coefficient (Wildman–Crippen LogP) is 4.62. The number of hydrogen-bond acceptors (Lipinski definition) is 8. The molecule has 0 radical (unpaired) electrons. The third-order valence-corrected chi connectivity index (χ3v) is 6.46. The highest BCUT2D eigenvalue weighted by molar-refractivity contribution is 6.25. The van der Waals surface area contributed by atoms with Crippen molar-refractivity contribution < 1.29 is 37.4 Å². The van der Waals surface area contributed by atoms with Crippen molar-refractivity contribution >= 4 is 40.1 Å². The molecule has 5 rings (SSSR count). The highest BCUT2D eigenvalue weighted by Crippen LogP contribution is 2.37. The van der Waals surface area contributed by atoms with Gasteiger partial charge in [0.05, 0.1) is 25.4 Å². The predicted molar refractivity (Wildman–Crippen MR) is 149 cm³/mol. The fourth-order valence-electron chi connectivity index (χ4n) is 4.37. The van der Waals surface area contributed by atoms with Crippen LogP contribution in [0.1, 0.15) is 6.92 Å². The number of halogens is 2. The first kappa shape index (κ1) is 28.2. The zero-order chi connectivity index (χ0) is 30.0. The van der Waals surface area contributed by atoms with Crippen molar-refractivity contribution in [3.8, 4) is 23.0 Å². The molecule has 1 atom stereocenters. The van der Waals surface area contributed by atoms with E-state index in [-0.39, 0.29) is 23.7 Å². The molecule has 13 heteroatoms. The molecule has 2 heterocycles. The molecule has 0 aliphatic carbocycles. The molecule has 1 aliphatic rings. The van der Waals surface area contributed by atoms with Crippen molar-refractivity contribution in [3.63, 3.8) is 0 Å². The highest BCUT2D eigenvalue weighted by Gasteiger charge is 2.43. The van der Waals surface area contributed by atoms with Crippen molar-refractivity contribution in [1.29, 1.82) is 0 Å². The molecule has 0 bridgehead atoms. The van der Waals surface area contributed by atoms with Gasteiger partial charge in [0.15, 0.2) is 29.1 Å². The summed E-state index contributed by atoms with van der Waals surface area (Å²) in [6.07, 6.45) is 1.50. The number of pyridine rings is 1. The number of anilines is 2. The van der Waals surface area contributed by atoms with Gasteiger partial charge in [-0.05, 0) is 55.5 Å². The van der Waals surface area contributed by atoms with Gasteiger partial charge in [-0.15, -0.1) is 0 Å². The quantitative estimate of drug-likeness (QED) is 0.291. The Hall–Kier alpha value is -5.30. The van der Waals surface area contributed by atoms with Gasteiger partial charge in [0, 0.05) is 35.9 Å². The number of hydrogen-bond donors (Lipinski definition) is 2. The maximum Gasteiger partial charge on any atom is 0.345 e. The normalized spacial score (nSPS) is 15.1. The lowest BCUT2D eigenvalue weighted by atomic mass is 10.1. The summed E-state index contributed by atoms with van der Waals surface area (Å²) in [6.45, 7) is 1.77. The smallest absolute Gasteiger partial charge is 0.345 e. The summed E-state index contributed by atoms with van der Waals surface area (Å²) >= 11 is 0. The Balaban J connectivity index is 1.36. The molecule has 4 aromatic rings. The van der Waals surface area contributed by atoms with Crippen LogP contribution in [0, 0.1) is 11.6 Å². The van der Waals surface area contributed by atoms with Crippen molar-refractivity contribution in [2.75, 3.05) is 31.0 Å². The minimum absolute atomic E-state index is 0.0405. The van der Waals surface area contributed by atoms with Gasteiger partial charge in [0.1, 0.15) is 11.6 Å². The SMILES string of the molecule is CCN1NC(C(=O)Nc2ccc(Oc3ccnc4cc(OC)c(OC)cc34)c(F)c2)C(=O)N(c2ccc(F)cc2)C1=O. The number of fused-ring (bicyclic) bond motifs is 1. The monoisotopic (exact) mass is 577 g/mol. The third-order valence-electron chi connectivity index (χ3n) is 6.46. The number of benzene rings is 3. The zero-order valence-electron chi connectivity index (χ0n) is 22.7. The van der Waals surface area contributed by atoms with E-state index in [9.17, 15) is 18.8 Å². The summed E-state index contributed by atoms with van der Waals surface area (Å²) in [5, 5.41) is 4.12. The van der Waals surface area contributed by atoms with Gasteiger partial charge in [0.25, 0.3) is 11.8 Å². The van der Waals surface area contributed by atoms with Gasteiger partial charge in [-0.3, -0.25) is 19.6 Å². The van der Waals surface area contributed by atoms with Crippen LogP contribution in [-0.4, -0.2) is 54.6 Å². The summed E-state index contributed by atoms with van der Waals surface area (Å²) in [4.78, 5) is 44.2. The number of hydrazine groups is 1. The summed E-state index contributed by atoms with van der Waals surface area (Å²) < 4.78 is 45.1. The van der Waals surface area contributed by atoms with E-state index < -0.39 is 35.5 Å². The fraction of sp³-hybridized carbons (Fsp3) is 0.172. The standard InChI is InChI=1S/C29H25F2N5O6/c1-4-35-29(39)36(18-8-5-16(30)6-9-18)28(38)26(34-35)27(37)33-17-7-10-23(20(31)13-17)42-22-11-12-32-21-15-25(41-3)24(40-2)14-19(21)22/h5-15,26,34H,4H2,1-3H3,(H,33,37). The second-order valence-electron chi connectivity index (χ2n) is 9.01. The van der Waals surface area contributed by atoms with E-state index in [0.29, 0.717) is 28.2 Å². The molecule has 1 fully saturated rings. The molecular weight excluding hydrogens is 552 g/mol. The molecule has 2 N–H and O–H groups in total. The lowest BCUT2D eigenvalue weighted by Gasteiger charge is -2.37. The average molecular weight is 578 g/mol. The lowest BCUT2D eigenvalue weighted by molar-refractivity contribution is -0.130. The average Bonchev–Trinajstić information content (AvgIpc) is 2.99. The molecule has 1 saturated heterocycles. The van der Waals surface area contributed by atoms with Crippen LogP contribution >= 0.6 is 0 Å². The van der Waals surface area contributed by atoms with Crippen molar-refractivity contribution in [3.05, 3.63) is 78.5 Å². The van der Waals surface area contributed by atoms with Crippen LogP contribution in [-0.2, 0) is 9.59 Å². The van der Waals surface area contributed by atoms with Gasteiger partial charge in [-0.2, -0.15) is 0 Å². The van der Waals surface area contributed by atoms with Crippen molar-refractivity contribution in [2.45, 2.75) is 13.0 Å². The van der Waals surface area contributed by atoms with Crippen molar-refractivity contribution in [2.24, 2.45) is 0 Å². The Morgan fingerprint density at radius 2 is 1.67 bits per heavy atom. The van der Waals surface area contributed by atoms with Crippen LogP contribution in [0.25, 0.3) is 10.9 Å². The molecule has 0 saturated carbocycles. The number of nitrogens with zero attached hydrogens (tertiary/aromatic N) is 3. The van der Waals surface area contributed by atoms with E-state index in [1.165, 1.54) is 44.7 Å². The van der Waals surface area contributed by atoms with Crippen molar-refractivity contribution in [1.82, 2.24) is 15.4 Å². The van der Waals surface area contributed by atoms with E-state index in [1.54, 1.807) is 25.1 Å². The van der Waals surface area contributed by atoms with Crippen LogP contribution < -0.4 is 29.9 Å². The molecule has 216 valence electrons. The minimum Gasteiger partial charge on any atom is -0.493 e. The second-order valence-corrected chi connectivity index (χ2v) is 9.01. The first-order valence-electron chi connectivity index (χ1n) is 12.7. The van der Waals surface area contributed by atoms with E-state index in [1.807, 2.05) is 0 Å². The van der Waals surface area contributed by atoms with Crippen LogP contribution in [0.4, 0.5) is 25.0 Å². The summed E-state index contributed by atoms with van der Waals surface area (Å²) in [7, 11) is 2.99. The number of carbonyl (C=O) groups is 3. The van der Waals surface area contributed by atoms with E-state index in [0.717, 1.165) is 28.1 Å².